The van der Waals surface area contributed by atoms with Gasteiger partial charge >= 0.3 is 0 Å². The van der Waals surface area contributed by atoms with Gasteiger partial charge in [-0.15, -0.1) is 0 Å². The van der Waals surface area contributed by atoms with Crippen LogP contribution in [0.5, 0.6) is 5.75 Å². The summed E-state index contributed by atoms with van der Waals surface area (Å²) in [5.41, 5.74) is 1.18. The third kappa shape index (κ3) is 2.59. The first-order valence-corrected chi connectivity index (χ1v) is 5.08. The molecule has 0 atom stereocenters. The molecule has 0 aromatic heterocycles. The predicted molar refractivity (Wildman–Crippen MR) is 54.5 cm³/mol. The minimum atomic E-state index is 0.441. The Morgan fingerprint density at radius 2 is 2.29 bits per heavy atom. The maximum absolute atomic E-state index is 10.2. The largest absolute Gasteiger partial charge is 0.490 e. The highest BCUT2D eigenvalue weighted by Gasteiger charge is 2.23. The second kappa shape index (κ2) is 4.27. The van der Waals surface area contributed by atoms with Crippen LogP contribution in [-0.4, -0.2) is 12.4 Å². The molecule has 1 aliphatic rings. The first-order valence-electron chi connectivity index (χ1n) is 5.08. The molecular weight excluding hydrogens is 176 g/mol. The van der Waals surface area contributed by atoms with Crippen molar-refractivity contribution in [3.8, 4) is 5.75 Å². The topological polar surface area (TPSA) is 26.3 Å². The quantitative estimate of drug-likeness (QED) is 0.666. The zero-order valence-corrected chi connectivity index (χ0v) is 8.11. The molecule has 2 rings (SSSR count). The van der Waals surface area contributed by atoms with Gasteiger partial charge in [-0.3, -0.25) is 0 Å². The lowest BCUT2D eigenvalue weighted by Crippen LogP contribution is -1.96. The fourth-order valence-corrected chi connectivity index (χ4v) is 1.38. The van der Waals surface area contributed by atoms with Crippen LogP contribution in [-0.2, 0) is 11.2 Å². The lowest BCUT2D eigenvalue weighted by molar-refractivity contribution is -0.107. The molecule has 0 radical (unpaired) electrons. The van der Waals surface area contributed by atoms with Gasteiger partial charge in [0, 0.05) is 6.42 Å². The van der Waals surface area contributed by atoms with Gasteiger partial charge in [-0.2, -0.15) is 0 Å². The minimum absolute atomic E-state index is 0.441. The van der Waals surface area contributed by atoms with Gasteiger partial charge in [-0.25, -0.2) is 0 Å². The van der Waals surface area contributed by atoms with E-state index in [1.54, 1.807) is 0 Å². The number of carbonyl (C=O) groups excluding carboxylic acids is 1. The van der Waals surface area contributed by atoms with Gasteiger partial charge in [0.1, 0.15) is 12.0 Å². The molecule has 74 valence electrons. The first-order chi connectivity index (χ1) is 6.88. The molecule has 1 saturated carbocycles. The number of hydrogen-bond acceptors (Lipinski definition) is 2. The number of benzene rings is 1. The summed E-state index contributed by atoms with van der Waals surface area (Å²) in [6, 6.07) is 8.02. The smallest absolute Gasteiger partial charge is 0.120 e. The van der Waals surface area contributed by atoms with E-state index in [0.717, 1.165) is 18.5 Å². The molecule has 0 N–H and O–H groups in total. The summed E-state index contributed by atoms with van der Waals surface area (Å²) < 4.78 is 5.66. The van der Waals surface area contributed by atoms with Crippen molar-refractivity contribution >= 4 is 6.29 Å². The summed E-state index contributed by atoms with van der Waals surface area (Å²) in [5.74, 6) is 0.941. The standard InChI is InChI=1S/C12H14O2/c13-8-2-4-10-3-1-5-12(9-10)14-11-6-7-11/h1,3,5,8-9,11H,2,4,6-7H2. The Labute approximate surface area is 83.9 Å². The van der Waals surface area contributed by atoms with Crippen LogP contribution in [0.3, 0.4) is 0 Å². The van der Waals surface area contributed by atoms with Gasteiger partial charge in [0.25, 0.3) is 0 Å². The predicted octanol–water partition coefficient (Wildman–Crippen LogP) is 2.36. The summed E-state index contributed by atoms with van der Waals surface area (Å²) in [6.45, 7) is 0. The number of aryl methyl sites for hydroxylation is 1. The molecule has 1 aromatic rings. The van der Waals surface area contributed by atoms with Crippen molar-refractivity contribution in [1.29, 1.82) is 0 Å². The second-order valence-corrected chi connectivity index (χ2v) is 3.67. The Morgan fingerprint density at radius 3 is 3.00 bits per heavy atom. The van der Waals surface area contributed by atoms with E-state index in [2.05, 4.69) is 0 Å². The molecule has 0 unspecified atom stereocenters. The number of aldehydes is 1. The molecule has 1 aromatic carbocycles. The maximum atomic E-state index is 10.2. The van der Waals surface area contributed by atoms with Crippen molar-refractivity contribution in [2.24, 2.45) is 0 Å². The molecule has 0 amide bonds. The van der Waals surface area contributed by atoms with E-state index in [0.29, 0.717) is 12.5 Å². The first kappa shape index (κ1) is 9.25. The van der Waals surface area contributed by atoms with E-state index >= 15 is 0 Å². The normalized spacial score (nSPS) is 15.1. The third-order valence-electron chi connectivity index (χ3n) is 2.28. The Bertz CT molecular complexity index is 316. The zero-order chi connectivity index (χ0) is 9.80. The zero-order valence-electron chi connectivity index (χ0n) is 8.11. The minimum Gasteiger partial charge on any atom is -0.490 e. The van der Waals surface area contributed by atoms with Crippen LogP contribution in [0.4, 0.5) is 0 Å². The summed E-state index contributed by atoms with van der Waals surface area (Å²) in [7, 11) is 0. The average Bonchev–Trinajstić information content (AvgIpc) is 2.99. The van der Waals surface area contributed by atoms with E-state index in [4.69, 9.17) is 4.74 Å². The molecule has 1 aliphatic carbocycles. The van der Waals surface area contributed by atoms with Crippen LogP contribution >= 0.6 is 0 Å². The fourth-order valence-electron chi connectivity index (χ4n) is 1.38. The lowest BCUT2D eigenvalue weighted by atomic mass is 10.1. The number of rotatable bonds is 5. The highest BCUT2D eigenvalue weighted by Crippen LogP contribution is 2.27. The van der Waals surface area contributed by atoms with Gasteiger partial charge in [0.15, 0.2) is 0 Å². The van der Waals surface area contributed by atoms with E-state index in [-0.39, 0.29) is 0 Å². The Kier molecular flexibility index (Phi) is 2.82. The summed E-state index contributed by atoms with van der Waals surface area (Å²) >= 11 is 0. The highest BCUT2D eigenvalue weighted by molar-refractivity contribution is 5.50. The number of ether oxygens (including phenoxy) is 1. The highest BCUT2D eigenvalue weighted by atomic mass is 16.5. The van der Waals surface area contributed by atoms with Gasteiger partial charge in [0.2, 0.25) is 0 Å². The van der Waals surface area contributed by atoms with E-state index in [9.17, 15) is 4.79 Å². The maximum Gasteiger partial charge on any atom is 0.120 e. The second-order valence-electron chi connectivity index (χ2n) is 3.67. The molecule has 2 heteroatoms. The van der Waals surface area contributed by atoms with E-state index < -0.39 is 0 Å². The van der Waals surface area contributed by atoms with Crippen LogP contribution in [0.1, 0.15) is 24.8 Å². The summed E-state index contributed by atoms with van der Waals surface area (Å²) in [4.78, 5) is 10.2. The molecule has 0 heterocycles. The molecular formula is C12H14O2. The van der Waals surface area contributed by atoms with Crippen molar-refractivity contribution in [3.05, 3.63) is 29.8 Å². The fraction of sp³-hybridized carbons (Fsp3) is 0.417. The van der Waals surface area contributed by atoms with E-state index in [1.807, 2.05) is 24.3 Å². The Hall–Kier alpha value is -1.31. The van der Waals surface area contributed by atoms with Crippen molar-refractivity contribution in [2.45, 2.75) is 31.8 Å². The Balaban J connectivity index is 1.97. The van der Waals surface area contributed by atoms with Crippen LogP contribution in [0.2, 0.25) is 0 Å². The molecule has 0 spiro atoms. The van der Waals surface area contributed by atoms with Crippen LogP contribution in [0, 0.1) is 0 Å². The molecule has 0 saturated heterocycles. The van der Waals surface area contributed by atoms with Crippen molar-refractivity contribution in [3.63, 3.8) is 0 Å². The SMILES string of the molecule is O=CCCc1cccc(OC2CC2)c1. The molecule has 2 nitrogen and oxygen atoms in total. The van der Waals surface area contributed by atoms with E-state index in [1.165, 1.54) is 18.4 Å². The molecule has 0 aliphatic heterocycles. The Morgan fingerprint density at radius 1 is 1.43 bits per heavy atom. The number of carbonyl (C=O) groups is 1. The molecule has 1 fully saturated rings. The third-order valence-corrected chi connectivity index (χ3v) is 2.28. The van der Waals surface area contributed by atoms with Crippen molar-refractivity contribution < 1.29 is 9.53 Å². The average molecular weight is 190 g/mol. The van der Waals surface area contributed by atoms with Gasteiger partial charge in [-0.05, 0) is 37.0 Å². The lowest BCUT2D eigenvalue weighted by Gasteiger charge is -2.05. The van der Waals surface area contributed by atoms with Gasteiger partial charge in [0.05, 0.1) is 6.10 Å². The van der Waals surface area contributed by atoms with Gasteiger partial charge in [-0.1, -0.05) is 12.1 Å². The monoisotopic (exact) mass is 190 g/mol. The number of hydrogen-bond donors (Lipinski definition) is 0. The molecule has 0 bridgehead atoms. The summed E-state index contributed by atoms with van der Waals surface area (Å²) in [6.07, 6.45) is 5.15. The van der Waals surface area contributed by atoms with Gasteiger partial charge < -0.3 is 9.53 Å². The van der Waals surface area contributed by atoms with Crippen LogP contribution < -0.4 is 4.74 Å². The molecule has 14 heavy (non-hydrogen) atoms. The van der Waals surface area contributed by atoms with Crippen LogP contribution in [0.25, 0.3) is 0 Å². The van der Waals surface area contributed by atoms with Crippen LogP contribution in [0.15, 0.2) is 24.3 Å². The van der Waals surface area contributed by atoms with Crippen molar-refractivity contribution in [2.75, 3.05) is 0 Å². The van der Waals surface area contributed by atoms with Crippen molar-refractivity contribution in [1.82, 2.24) is 0 Å². The summed E-state index contributed by atoms with van der Waals surface area (Å²) in [5, 5.41) is 0.